The highest BCUT2D eigenvalue weighted by atomic mass is 16.8. The molecule has 40 heavy (non-hydrogen) atoms. The van der Waals surface area contributed by atoms with Gasteiger partial charge < -0.3 is 10.5 Å². The molecule has 1 aliphatic heterocycles. The molecule has 3 rings (SSSR count). The second kappa shape index (κ2) is 16.5. The number of allylic oxidation sites excluding steroid dienone is 1. The Bertz CT molecular complexity index is 956. The Hall–Kier alpha value is -2.75. The minimum atomic E-state index is -0.748. The molecule has 1 aliphatic carbocycles. The first kappa shape index (κ1) is 31.8. The Balaban J connectivity index is 1.83. The minimum absolute atomic E-state index is 0.104. The van der Waals surface area contributed by atoms with Gasteiger partial charge in [0.2, 0.25) is 11.8 Å². The van der Waals surface area contributed by atoms with Crippen molar-refractivity contribution in [3.63, 3.8) is 0 Å². The van der Waals surface area contributed by atoms with Crippen LogP contribution in [0.2, 0.25) is 0 Å². The SMILES string of the molecule is CC(C)C[C@@H](C(=O)NN(C(=O)[C@@H](C)N)C1CCCCC1)[C@H](C/C=C/c1ccccc1)C(=O)NOC1CCCCO1. The number of carbonyl (C=O) groups excluding carboxylic acids is 3. The summed E-state index contributed by atoms with van der Waals surface area (Å²) in [7, 11) is 0. The Kier molecular flexibility index (Phi) is 13.1. The van der Waals surface area contributed by atoms with Gasteiger partial charge in [-0.05, 0) is 56.9 Å². The lowest BCUT2D eigenvalue weighted by molar-refractivity contribution is -0.203. The molecule has 3 amide bonds. The summed E-state index contributed by atoms with van der Waals surface area (Å²) >= 11 is 0. The van der Waals surface area contributed by atoms with E-state index in [0.29, 0.717) is 25.9 Å². The van der Waals surface area contributed by atoms with E-state index in [4.69, 9.17) is 15.3 Å². The molecule has 1 aromatic carbocycles. The van der Waals surface area contributed by atoms with Gasteiger partial charge in [-0.25, -0.2) is 15.3 Å². The normalized spacial score (nSPS) is 20.6. The lowest BCUT2D eigenvalue weighted by Gasteiger charge is -2.37. The van der Waals surface area contributed by atoms with Crippen LogP contribution in [0.15, 0.2) is 36.4 Å². The van der Waals surface area contributed by atoms with Crippen LogP contribution in [0.25, 0.3) is 6.08 Å². The van der Waals surface area contributed by atoms with E-state index < -0.39 is 24.2 Å². The van der Waals surface area contributed by atoms with Crippen LogP contribution < -0.4 is 16.6 Å². The van der Waals surface area contributed by atoms with Gasteiger partial charge in [-0.3, -0.25) is 19.8 Å². The van der Waals surface area contributed by atoms with Gasteiger partial charge >= 0.3 is 0 Å². The maximum Gasteiger partial charge on any atom is 0.257 e. The molecule has 1 saturated carbocycles. The summed E-state index contributed by atoms with van der Waals surface area (Å²) in [5.74, 6) is -2.32. The molecular formula is C31H48N4O5. The van der Waals surface area contributed by atoms with Crippen molar-refractivity contribution < 1.29 is 24.0 Å². The molecule has 0 radical (unpaired) electrons. The highest BCUT2D eigenvalue weighted by Crippen LogP contribution is 2.28. The van der Waals surface area contributed by atoms with E-state index in [-0.39, 0.29) is 29.7 Å². The zero-order valence-electron chi connectivity index (χ0n) is 24.3. The number of nitrogens with two attached hydrogens (primary N) is 1. The van der Waals surface area contributed by atoms with E-state index in [1.807, 2.05) is 56.3 Å². The monoisotopic (exact) mass is 556 g/mol. The van der Waals surface area contributed by atoms with Crippen molar-refractivity contribution in [2.24, 2.45) is 23.5 Å². The second-order valence-electron chi connectivity index (χ2n) is 11.5. The maximum atomic E-state index is 13.9. The molecule has 9 nitrogen and oxygen atoms in total. The second-order valence-corrected chi connectivity index (χ2v) is 11.5. The van der Waals surface area contributed by atoms with Crippen molar-refractivity contribution in [1.82, 2.24) is 15.9 Å². The molecular weight excluding hydrogens is 508 g/mol. The first-order chi connectivity index (χ1) is 19.3. The fourth-order valence-corrected chi connectivity index (χ4v) is 5.42. The predicted molar refractivity (Wildman–Crippen MR) is 155 cm³/mol. The first-order valence-electron chi connectivity index (χ1n) is 14.9. The van der Waals surface area contributed by atoms with Crippen LogP contribution in [0.4, 0.5) is 0 Å². The number of amides is 3. The molecule has 1 aromatic rings. The van der Waals surface area contributed by atoms with Crippen molar-refractivity contribution >= 4 is 23.8 Å². The van der Waals surface area contributed by atoms with Gasteiger partial charge in [0.25, 0.3) is 5.91 Å². The lowest BCUT2D eigenvalue weighted by atomic mass is 9.82. The van der Waals surface area contributed by atoms with E-state index in [9.17, 15) is 14.4 Å². The number of nitrogens with one attached hydrogen (secondary N) is 2. The van der Waals surface area contributed by atoms with Crippen molar-refractivity contribution in [3.8, 4) is 0 Å². The minimum Gasteiger partial charge on any atom is -0.350 e. The van der Waals surface area contributed by atoms with Crippen LogP contribution in [0.3, 0.4) is 0 Å². The van der Waals surface area contributed by atoms with Gasteiger partial charge in [-0.15, -0.1) is 0 Å². The van der Waals surface area contributed by atoms with Gasteiger partial charge in [0.1, 0.15) is 0 Å². The van der Waals surface area contributed by atoms with Crippen molar-refractivity contribution in [1.29, 1.82) is 0 Å². The van der Waals surface area contributed by atoms with Gasteiger partial charge in [0.15, 0.2) is 6.29 Å². The fraction of sp³-hybridized carbons (Fsp3) is 0.645. The third-order valence-corrected chi connectivity index (χ3v) is 7.61. The Morgan fingerprint density at radius 3 is 2.33 bits per heavy atom. The van der Waals surface area contributed by atoms with Gasteiger partial charge in [0.05, 0.1) is 23.9 Å². The van der Waals surface area contributed by atoms with E-state index in [2.05, 4.69) is 10.9 Å². The summed E-state index contributed by atoms with van der Waals surface area (Å²) in [6.07, 6.45) is 11.5. The maximum absolute atomic E-state index is 13.9. The summed E-state index contributed by atoms with van der Waals surface area (Å²) in [6.45, 7) is 6.26. The van der Waals surface area contributed by atoms with E-state index in [1.165, 1.54) is 5.01 Å². The third kappa shape index (κ3) is 10.0. The number of ether oxygens (including phenoxy) is 1. The highest BCUT2D eigenvalue weighted by Gasteiger charge is 2.37. The Morgan fingerprint density at radius 2 is 1.70 bits per heavy atom. The first-order valence-corrected chi connectivity index (χ1v) is 14.9. The number of carbonyl (C=O) groups is 3. The smallest absolute Gasteiger partial charge is 0.257 e. The topological polar surface area (TPSA) is 123 Å². The van der Waals surface area contributed by atoms with Gasteiger partial charge in [-0.2, -0.15) is 0 Å². The summed E-state index contributed by atoms with van der Waals surface area (Å²) in [5, 5.41) is 1.45. The number of hydrogen-bond donors (Lipinski definition) is 3. The average molecular weight is 557 g/mol. The lowest BCUT2D eigenvalue weighted by Crippen LogP contribution is -2.58. The number of hydrogen-bond acceptors (Lipinski definition) is 6. The number of hydrazine groups is 1. The summed E-state index contributed by atoms with van der Waals surface area (Å²) < 4.78 is 5.60. The zero-order valence-corrected chi connectivity index (χ0v) is 24.3. The van der Waals surface area contributed by atoms with Crippen LogP contribution in [-0.2, 0) is 24.0 Å². The number of nitrogens with zero attached hydrogens (tertiary/aromatic N) is 1. The molecule has 9 heteroatoms. The van der Waals surface area contributed by atoms with Gasteiger partial charge in [0, 0.05) is 13.0 Å². The van der Waals surface area contributed by atoms with Crippen LogP contribution in [0.1, 0.15) is 90.5 Å². The Morgan fingerprint density at radius 1 is 1.00 bits per heavy atom. The molecule has 1 heterocycles. The average Bonchev–Trinajstić information content (AvgIpc) is 2.96. The molecule has 0 aromatic heterocycles. The van der Waals surface area contributed by atoms with Crippen LogP contribution in [-0.4, -0.2) is 47.7 Å². The molecule has 2 aliphatic rings. The van der Waals surface area contributed by atoms with Gasteiger partial charge in [-0.1, -0.05) is 75.6 Å². The van der Waals surface area contributed by atoms with Crippen LogP contribution in [0.5, 0.6) is 0 Å². The molecule has 4 atom stereocenters. The number of benzene rings is 1. The molecule has 222 valence electrons. The van der Waals surface area contributed by atoms with E-state index >= 15 is 0 Å². The molecule has 1 unspecified atom stereocenters. The molecule has 1 saturated heterocycles. The van der Waals surface area contributed by atoms with Crippen LogP contribution >= 0.6 is 0 Å². The van der Waals surface area contributed by atoms with Crippen molar-refractivity contribution in [2.45, 2.75) is 103 Å². The molecule has 0 spiro atoms. The highest BCUT2D eigenvalue weighted by molar-refractivity contribution is 5.90. The summed E-state index contributed by atoms with van der Waals surface area (Å²) in [6, 6.07) is 8.96. The largest absolute Gasteiger partial charge is 0.350 e. The van der Waals surface area contributed by atoms with E-state index in [0.717, 1.165) is 50.5 Å². The quantitative estimate of drug-likeness (QED) is 0.326. The van der Waals surface area contributed by atoms with Crippen LogP contribution in [0, 0.1) is 17.8 Å². The molecule has 0 bridgehead atoms. The summed E-state index contributed by atoms with van der Waals surface area (Å²) in [5.41, 5.74) is 12.5. The van der Waals surface area contributed by atoms with Crippen molar-refractivity contribution in [2.75, 3.05) is 6.61 Å². The van der Waals surface area contributed by atoms with E-state index in [1.54, 1.807) is 6.92 Å². The fourth-order valence-electron chi connectivity index (χ4n) is 5.42. The van der Waals surface area contributed by atoms with Crippen molar-refractivity contribution in [3.05, 3.63) is 42.0 Å². The molecule has 2 fully saturated rings. The Labute approximate surface area is 239 Å². The number of rotatable bonds is 12. The number of hydroxylamine groups is 1. The predicted octanol–water partition coefficient (Wildman–Crippen LogP) is 4.48. The third-order valence-electron chi connectivity index (χ3n) is 7.61. The standard InChI is InChI=1S/C31H48N4O5/c1-22(2)21-27(29(36)33-35(31(38)23(3)32)25-16-8-5-9-17-25)26(18-12-15-24-13-6-4-7-14-24)30(37)34-40-28-19-10-11-20-39-28/h4,6-7,12-15,22-23,25-28H,5,8-11,16-21,32H2,1-3H3,(H,33,36)(H,34,37)/b15-12+/t23-,26+,27-,28?/m1/s1. The molecule has 4 N–H and O–H groups in total. The zero-order chi connectivity index (χ0) is 28.9. The summed E-state index contributed by atoms with van der Waals surface area (Å²) in [4.78, 5) is 46.2.